The normalized spacial score (nSPS) is 10.9. The van der Waals surface area contributed by atoms with Crippen LogP contribution in [-0.4, -0.2) is 41.1 Å². The summed E-state index contributed by atoms with van der Waals surface area (Å²) in [6.45, 7) is 3.03. The molecule has 0 spiro atoms. The van der Waals surface area contributed by atoms with E-state index in [1.54, 1.807) is 0 Å². The van der Waals surface area contributed by atoms with Crippen LogP contribution in [0.4, 0.5) is 11.4 Å². The van der Waals surface area contributed by atoms with Crippen LogP contribution in [0.2, 0.25) is 0 Å². The molecule has 4 N–H and O–H groups in total. The first kappa shape index (κ1) is 15.4. The van der Waals surface area contributed by atoms with Crippen LogP contribution in [0.25, 0.3) is 11.3 Å². The number of nitrogen functional groups attached to an aromatic ring is 1. The number of nitrogens with zero attached hydrogens (tertiary/aromatic N) is 2. The van der Waals surface area contributed by atoms with E-state index in [2.05, 4.69) is 0 Å². The highest BCUT2D eigenvalue weighted by Crippen LogP contribution is 2.35. The van der Waals surface area contributed by atoms with E-state index >= 15 is 0 Å². The van der Waals surface area contributed by atoms with Crippen molar-refractivity contribution in [2.24, 2.45) is 7.05 Å². The van der Waals surface area contributed by atoms with E-state index in [4.69, 9.17) is 5.73 Å². The summed E-state index contributed by atoms with van der Waals surface area (Å²) in [5.74, 6) is 0. The fourth-order valence-corrected chi connectivity index (χ4v) is 2.74. The molecule has 1 aromatic carbocycles. The second kappa shape index (κ2) is 6.65. The van der Waals surface area contributed by atoms with Crippen molar-refractivity contribution in [3.63, 3.8) is 0 Å². The molecular weight excluding hydrogens is 266 g/mol. The van der Waals surface area contributed by atoms with Gasteiger partial charge in [-0.2, -0.15) is 0 Å². The molecule has 1 aromatic heterocycles. The lowest BCUT2D eigenvalue weighted by Crippen LogP contribution is -2.31. The third-order valence-corrected chi connectivity index (χ3v) is 3.60. The average molecular weight is 289 g/mol. The summed E-state index contributed by atoms with van der Waals surface area (Å²) < 4.78 is 2.04. The zero-order chi connectivity index (χ0) is 15.4. The topological polar surface area (TPSA) is 74.7 Å². The molecule has 0 fully saturated rings. The van der Waals surface area contributed by atoms with Crippen molar-refractivity contribution in [1.29, 1.82) is 0 Å². The largest absolute Gasteiger partial charge is 0.399 e. The Labute approximate surface area is 125 Å². The van der Waals surface area contributed by atoms with Gasteiger partial charge in [0.1, 0.15) is 0 Å². The van der Waals surface area contributed by atoms with Gasteiger partial charge >= 0.3 is 0 Å². The molecule has 0 aliphatic carbocycles. The Morgan fingerprint density at radius 2 is 1.86 bits per heavy atom. The van der Waals surface area contributed by atoms with Crippen molar-refractivity contribution >= 4 is 11.4 Å². The molecule has 0 amide bonds. The Hall–Kier alpha value is -1.98. The third kappa shape index (κ3) is 3.20. The lowest BCUT2D eigenvalue weighted by molar-refractivity contribution is 0.281. The molecule has 0 aliphatic heterocycles. The van der Waals surface area contributed by atoms with Gasteiger partial charge in [-0.1, -0.05) is 0 Å². The molecule has 0 saturated carbocycles. The number of hydrogen-bond donors (Lipinski definition) is 3. The first-order valence-electron chi connectivity index (χ1n) is 7.07. The lowest BCUT2D eigenvalue weighted by Gasteiger charge is -2.28. The van der Waals surface area contributed by atoms with Crippen LogP contribution in [0.5, 0.6) is 0 Å². The number of hydrogen-bond acceptors (Lipinski definition) is 4. The minimum Gasteiger partial charge on any atom is -0.399 e. The molecule has 1 heterocycles. The molecule has 2 aromatic rings. The number of aromatic nitrogens is 1. The van der Waals surface area contributed by atoms with E-state index in [9.17, 15) is 10.2 Å². The second-order valence-electron chi connectivity index (χ2n) is 5.17. The molecular formula is C16H23N3O2. The van der Waals surface area contributed by atoms with Crippen LogP contribution < -0.4 is 10.6 Å². The van der Waals surface area contributed by atoms with Crippen molar-refractivity contribution in [2.45, 2.75) is 6.92 Å². The molecule has 5 nitrogen and oxygen atoms in total. The highest BCUT2D eigenvalue weighted by molar-refractivity contribution is 5.82. The van der Waals surface area contributed by atoms with Crippen LogP contribution in [0, 0.1) is 6.92 Å². The van der Waals surface area contributed by atoms with Crippen molar-refractivity contribution in [2.75, 3.05) is 36.9 Å². The summed E-state index contributed by atoms with van der Waals surface area (Å²) in [5, 5.41) is 18.6. The van der Waals surface area contributed by atoms with E-state index in [1.807, 2.05) is 53.9 Å². The van der Waals surface area contributed by atoms with Gasteiger partial charge in [-0.15, -0.1) is 0 Å². The summed E-state index contributed by atoms with van der Waals surface area (Å²) in [5.41, 5.74) is 10.8. The van der Waals surface area contributed by atoms with Crippen molar-refractivity contribution in [1.82, 2.24) is 4.57 Å². The highest BCUT2D eigenvalue weighted by atomic mass is 16.3. The van der Waals surface area contributed by atoms with Gasteiger partial charge in [0.15, 0.2) is 0 Å². The number of aliphatic hydroxyl groups is 2. The molecule has 5 heteroatoms. The molecule has 2 rings (SSSR count). The third-order valence-electron chi connectivity index (χ3n) is 3.60. The van der Waals surface area contributed by atoms with E-state index in [0.29, 0.717) is 18.8 Å². The smallest absolute Gasteiger partial charge is 0.0606 e. The minimum absolute atomic E-state index is 0.0381. The summed E-state index contributed by atoms with van der Waals surface area (Å²) in [6, 6.07) is 7.89. The van der Waals surface area contributed by atoms with Crippen LogP contribution >= 0.6 is 0 Å². The first-order valence-corrected chi connectivity index (χ1v) is 7.07. The van der Waals surface area contributed by atoms with Gasteiger partial charge in [-0.3, -0.25) is 0 Å². The van der Waals surface area contributed by atoms with Crippen molar-refractivity contribution in [3.05, 3.63) is 36.0 Å². The molecule has 0 bridgehead atoms. The Bertz CT molecular complexity index is 602. The first-order chi connectivity index (χ1) is 10.1. The van der Waals surface area contributed by atoms with Crippen molar-refractivity contribution < 1.29 is 10.2 Å². The summed E-state index contributed by atoms with van der Waals surface area (Å²) >= 11 is 0. The quantitative estimate of drug-likeness (QED) is 0.702. The van der Waals surface area contributed by atoms with E-state index in [0.717, 1.165) is 22.5 Å². The predicted molar refractivity (Wildman–Crippen MR) is 86.4 cm³/mol. The molecule has 21 heavy (non-hydrogen) atoms. The van der Waals surface area contributed by atoms with Crippen LogP contribution in [0.15, 0.2) is 30.5 Å². The summed E-state index contributed by atoms with van der Waals surface area (Å²) in [6.07, 6.45) is 1.99. The monoisotopic (exact) mass is 289 g/mol. The Balaban J connectivity index is 2.60. The van der Waals surface area contributed by atoms with Crippen LogP contribution in [0.3, 0.4) is 0 Å². The van der Waals surface area contributed by atoms with Gasteiger partial charge in [-0.25, -0.2) is 0 Å². The zero-order valence-electron chi connectivity index (χ0n) is 12.6. The summed E-state index contributed by atoms with van der Waals surface area (Å²) in [7, 11) is 1.99. The Kier molecular flexibility index (Phi) is 4.88. The molecule has 0 unspecified atom stereocenters. The second-order valence-corrected chi connectivity index (χ2v) is 5.17. The van der Waals surface area contributed by atoms with E-state index in [1.165, 1.54) is 0 Å². The zero-order valence-corrected chi connectivity index (χ0v) is 12.6. The molecule has 0 aliphatic rings. The predicted octanol–water partition coefficient (Wildman–Crippen LogP) is 1.37. The van der Waals surface area contributed by atoms with Gasteiger partial charge in [-0.05, 0) is 36.8 Å². The van der Waals surface area contributed by atoms with Gasteiger partial charge in [0, 0.05) is 49.0 Å². The van der Waals surface area contributed by atoms with Gasteiger partial charge in [0.2, 0.25) is 0 Å². The lowest BCUT2D eigenvalue weighted by atomic mass is 10.0. The van der Waals surface area contributed by atoms with Crippen LogP contribution in [0.1, 0.15) is 5.56 Å². The van der Waals surface area contributed by atoms with Crippen molar-refractivity contribution in [3.8, 4) is 11.3 Å². The number of aryl methyl sites for hydroxylation is 2. The molecule has 0 saturated heterocycles. The Morgan fingerprint density at radius 3 is 2.38 bits per heavy atom. The average Bonchev–Trinajstić information content (AvgIpc) is 2.84. The number of anilines is 2. The van der Waals surface area contributed by atoms with Gasteiger partial charge < -0.3 is 25.4 Å². The maximum absolute atomic E-state index is 9.29. The molecule has 114 valence electrons. The maximum Gasteiger partial charge on any atom is 0.0606 e. The summed E-state index contributed by atoms with van der Waals surface area (Å²) in [4.78, 5) is 2.00. The van der Waals surface area contributed by atoms with E-state index < -0.39 is 0 Å². The SMILES string of the molecule is Cc1cc(N)cc(-c2cccn2C)c1N(CCO)CCO. The number of rotatable bonds is 6. The van der Waals surface area contributed by atoms with Gasteiger partial charge in [0.25, 0.3) is 0 Å². The van der Waals surface area contributed by atoms with E-state index in [-0.39, 0.29) is 13.2 Å². The Morgan fingerprint density at radius 1 is 1.19 bits per heavy atom. The maximum atomic E-state index is 9.29. The fraction of sp³-hybridized carbons (Fsp3) is 0.375. The number of nitrogens with two attached hydrogens (primary N) is 1. The van der Waals surface area contributed by atoms with Crippen LogP contribution in [-0.2, 0) is 7.05 Å². The fourth-order valence-electron chi connectivity index (χ4n) is 2.74. The minimum atomic E-state index is 0.0381. The number of benzene rings is 1. The standard InChI is InChI=1S/C16H23N3O2/c1-12-10-13(17)11-14(15-4-3-5-18(15)2)16(12)19(6-8-20)7-9-21/h3-5,10-11,20-21H,6-9,17H2,1-2H3. The molecule has 0 radical (unpaired) electrons. The molecule has 0 atom stereocenters. The van der Waals surface area contributed by atoms with Gasteiger partial charge in [0.05, 0.1) is 13.2 Å². The number of aliphatic hydroxyl groups excluding tert-OH is 2. The highest BCUT2D eigenvalue weighted by Gasteiger charge is 2.17.